The van der Waals surface area contributed by atoms with Gasteiger partial charge in [0.25, 0.3) is 0 Å². The lowest BCUT2D eigenvalue weighted by molar-refractivity contribution is 0.301. The van der Waals surface area contributed by atoms with Crippen molar-refractivity contribution in [2.24, 2.45) is 5.92 Å². The van der Waals surface area contributed by atoms with E-state index in [1.807, 2.05) is 30.5 Å². The Morgan fingerprint density at radius 1 is 1.25 bits per heavy atom. The van der Waals surface area contributed by atoms with Crippen molar-refractivity contribution in [3.8, 4) is 5.75 Å². The van der Waals surface area contributed by atoms with Crippen molar-refractivity contribution in [2.45, 2.75) is 26.5 Å². The molecule has 1 atom stereocenters. The van der Waals surface area contributed by atoms with Crippen LogP contribution in [0.25, 0.3) is 0 Å². The molecule has 4 nitrogen and oxygen atoms in total. The van der Waals surface area contributed by atoms with Crippen LogP contribution in [0.3, 0.4) is 0 Å². The molecule has 2 aromatic rings. The molecule has 1 aromatic carbocycles. The minimum absolute atomic E-state index is 0.555. The molecule has 1 N–H and O–H groups in total. The highest BCUT2D eigenvalue weighted by Crippen LogP contribution is 2.20. The van der Waals surface area contributed by atoms with Crippen LogP contribution in [0, 0.1) is 5.92 Å². The van der Waals surface area contributed by atoms with Gasteiger partial charge in [-0.15, -0.1) is 0 Å². The van der Waals surface area contributed by atoms with Crippen LogP contribution in [-0.2, 0) is 13.2 Å². The second-order valence-electron chi connectivity index (χ2n) is 6.44. The molecule has 0 spiro atoms. The molecule has 0 aliphatic carbocycles. The predicted molar refractivity (Wildman–Crippen MR) is 96.9 cm³/mol. The van der Waals surface area contributed by atoms with Gasteiger partial charge in [0, 0.05) is 36.6 Å². The van der Waals surface area contributed by atoms with Crippen molar-refractivity contribution in [1.29, 1.82) is 0 Å². The smallest absolute Gasteiger partial charge is 0.124 e. The second kappa shape index (κ2) is 8.81. The molecule has 2 heterocycles. The molecule has 0 saturated carbocycles. The van der Waals surface area contributed by atoms with Gasteiger partial charge in [-0.3, -0.25) is 4.98 Å². The van der Waals surface area contributed by atoms with E-state index in [-0.39, 0.29) is 0 Å². The average molecular weight is 325 g/mol. The number of hydrogen-bond donors (Lipinski definition) is 1. The molecule has 24 heavy (non-hydrogen) atoms. The quantitative estimate of drug-likeness (QED) is 0.809. The van der Waals surface area contributed by atoms with E-state index in [0.29, 0.717) is 6.61 Å². The Morgan fingerprint density at radius 3 is 2.96 bits per heavy atom. The first kappa shape index (κ1) is 16.9. The van der Waals surface area contributed by atoms with Crippen LogP contribution in [0.5, 0.6) is 5.75 Å². The molecule has 1 saturated heterocycles. The SMILES string of the molecule is CCN1CCC(CNCc2ccccc2OCc2cccnc2)C1. The summed E-state index contributed by atoms with van der Waals surface area (Å²) in [6.45, 7) is 8.36. The van der Waals surface area contributed by atoms with Crippen molar-refractivity contribution in [3.63, 3.8) is 0 Å². The van der Waals surface area contributed by atoms with Gasteiger partial charge in [0.2, 0.25) is 0 Å². The summed E-state index contributed by atoms with van der Waals surface area (Å²) in [6, 6.07) is 12.3. The largest absolute Gasteiger partial charge is 0.489 e. The van der Waals surface area contributed by atoms with Crippen LogP contribution >= 0.6 is 0 Å². The number of likely N-dealkylation sites (tertiary alicyclic amines) is 1. The van der Waals surface area contributed by atoms with Gasteiger partial charge in [-0.05, 0) is 44.1 Å². The first-order chi connectivity index (χ1) is 11.8. The molecule has 4 heteroatoms. The zero-order valence-electron chi connectivity index (χ0n) is 14.4. The van der Waals surface area contributed by atoms with Crippen LogP contribution in [0.4, 0.5) is 0 Å². The third-order valence-corrected chi connectivity index (χ3v) is 4.66. The minimum atomic E-state index is 0.555. The standard InChI is InChI=1S/C20H27N3O/c1-2-23-11-9-17(15-23)12-22-14-19-7-3-4-8-20(19)24-16-18-6-5-10-21-13-18/h3-8,10,13,17,22H,2,9,11-12,14-16H2,1H3. The Kier molecular flexibility index (Phi) is 6.21. The zero-order chi connectivity index (χ0) is 16.6. The average Bonchev–Trinajstić information content (AvgIpc) is 3.10. The lowest BCUT2D eigenvalue weighted by Gasteiger charge is -2.15. The fourth-order valence-electron chi connectivity index (χ4n) is 3.21. The molecule has 0 radical (unpaired) electrons. The van der Waals surface area contributed by atoms with Gasteiger partial charge in [-0.2, -0.15) is 0 Å². The summed E-state index contributed by atoms with van der Waals surface area (Å²) in [7, 11) is 0. The van der Waals surface area contributed by atoms with Crippen molar-refractivity contribution < 1.29 is 4.74 Å². The molecule has 1 aliphatic rings. The highest BCUT2D eigenvalue weighted by molar-refractivity contribution is 5.33. The maximum atomic E-state index is 5.99. The Bertz CT molecular complexity index is 617. The summed E-state index contributed by atoms with van der Waals surface area (Å²) in [5.74, 6) is 1.73. The molecular weight excluding hydrogens is 298 g/mol. The van der Waals surface area contributed by atoms with Crippen molar-refractivity contribution in [3.05, 3.63) is 59.9 Å². The zero-order valence-corrected chi connectivity index (χ0v) is 14.4. The first-order valence-corrected chi connectivity index (χ1v) is 8.88. The van der Waals surface area contributed by atoms with Crippen LogP contribution in [0.15, 0.2) is 48.8 Å². The van der Waals surface area contributed by atoms with E-state index in [9.17, 15) is 0 Å². The second-order valence-corrected chi connectivity index (χ2v) is 6.44. The van der Waals surface area contributed by atoms with Crippen molar-refractivity contribution >= 4 is 0 Å². The number of pyridine rings is 1. The van der Waals surface area contributed by atoms with Gasteiger partial charge in [-0.25, -0.2) is 0 Å². The minimum Gasteiger partial charge on any atom is -0.489 e. The van der Waals surface area contributed by atoms with E-state index in [1.165, 1.54) is 31.6 Å². The van der Waals surface area contributed by atoms with E-state index in [4.69, 9.17) is 4.74 Å². The van der Waals surface area contributed by atoms with Crippen LogP contribution in [0.1, 0.15) is 24.5 Å². The number of nitrogens with one attached hydrogen (secondary N) is 1. The lowest BCUT2D eigenvalue weighted by atomic mass is 10.1. The van der Waals surface area contributed by atoms with Gasteiger partial charge in [0.1, 0.15) is 12.4 Å². The monoisotopic (exact) mass is 325 g/mol. The van der Waals surface area contributed by atoms with Gasteiger partial charge in [0.05, 0.1) is 0 Å². The Hall–Kier alpha value is -1.91. The molecular formula is C20H27N3O. The summed E-state index contributed by atoms with van der Waals surface area (Å²) in [6.07, 6.45) is 4.94. The number of nitrogens with zero attached hydrogens (tertiary/aromatic N) is 2. The Balaban J connectivity index is 1.49. The van der Waals surface area contributed by atoms with Crippen LogP contribution < -0.4 is 10.1 Å². The van der Waals surface area contributed by atoms with Crippen molar-refractivity contribution in [2.75, 3.05) is 26.2 Å². The molecule has 1 aromatic heterocycles. The van der Waals surface area contributed by atoms with Crippen molar-refractivity contribution in [1.82, 2.24) is 15.2 Å². The summed E-state index contributed by atoms with van der Waals surface area (Å²) in [5.41, 5.74) is 2.30. The van der Waals surface area contributed by atoms with E-state index in [2.05, 4.69) is 34.3 Å². The number of hydrogen-bond acceptors (Lipinski definition) is 4. The van der Waals surface area contributed by atoms with Gasteiger partial charge in [-0.1, -0.05) is 31.2 Å². The van der Waals surface area contributed by atoms with Gasteiger partial charge in [0.15, 0.2) is 0 Å². The predicted octanol–water partition coefficient (Wildman–Crippen LogP) is 3.09. The molecule has 0 bridgehead atoms. The van der Waals surface area contributed by atoms with E-state index in [0.717, 1.165) is 30.3 Å². The number of para-hydroxylation sites is 1. The lowest BCUT2D eigenvalue weighted by Crippen LogP contribution is -2.26. The molecule has 1 aliphatic heterocycles. The summed E-state index contributed by atoms with van der Waals surface area (Å²) >= 11 is 0. The molecule has 1 fully saturated rings. The fraction of sp³-hybridized carbons (Fsp3) is 0.450. The highest BCUT2D eigenvalue weighted by atomic mass is 16.5. The molecule has 128 valence electrons. The van der Waals surface area contributed by atoms with Gasteiger partial charge >= 0.3 is 0 Å². The topological polar surface area (TPSA) is 37.4 Å². The summed E-state index contributed by atoms with van der Waals surface area (Å²) in [5, 5.41) is 3.61. The molecule has 3 rings (SSSR count). The third kappa shape index (κ3) is 4.79. The molecule has 1 unspecified atom stereocenters. The number of rotatable bonds is 8. The van der Waals surface area contributed by atoms with Crippen LogP contribution in [-0.4, -0.2) is 36.1 Å². The number of benzene rings is 1. The van der Waals surface area contributed by atoms with Crippen LogP contribution in [0.2, 0.25) is 0 Å². The maximum Gasteiger partial charge on any atom is 0.124 e. The van der Waals surface area contributed by atoms with Gasteiger partial charge < -0.3 is 15.0 Å². The maximum absolute atomic E-state index is 5.99. The van der Waals surface area contributed by atoms with E-state index >= 15 is 0 Å². The van der Waals surface area contributed by atoms with E-state index < -0.39 is 0 Å². The number of aromatic nitrogens is 1. The first-order valence-electron chi connectivity index (χ1n) is 8.88. The third-order valence-electron chi connectivity index (χ3n) is 4.66. The molecule has 0 amide bonds. The number of ether oxygens (including phenoxy) is 1. The summed E-state index contributed by atoms with van der Waals surface area (Å²) < 4.78 is 5.99. The normalized spacial score (nSPS) is 18.0. The Labute approximate surface area is 144 Å². The fourth-order valence-corrected chi connectivity index (χ4v) is 3.21. The van der Waals surface area contributed by atoms with E-state index in [1.54, 1.807) is 6.20 Å². The highest BCUT2D eigenvalue weighted by Gasteiger charge is 2.20. The Morgan fingerprint density at radius 2 is 2.17 bits per heavy atom. The summed E-state index contributed by atoms with van der Waals surface area (Å²) in [4.78, 5) is 6.65.